The molecule has 1 heterocycles. The molecule has 21 heavy (non-hydrogen) atoms. The summed E-state index contributed by atoms with van der Waals surface area (Å²) >= 11 is 12.1. The molecule has 0 aliphatic rings. The predicted octanol–water partition coefficient (Wildman–Crippen LogP) is 4.48. The molecule has 0 saturated carbocycles. The number of anilines is 1. The summed E-state index contributed by atoms with van der Waals surface area (Å²) in [6.45, 7) is 2.84. The predicted molar refractivity (Wildman–Crippen MR) is 89.0 cm³/mol. The zero-order chi connectivity index (χ0) is 15.0. The molecule has 3 aromatic rings. The number of halogens is 2. The zero-order valence-electron chi connectivity index (χ0n) is 11.6. The van der Waals surface area contributed by atoms with Crippen LogP contribution in [0.1, 0.15) is 11.1 Å². The minimum Gasteiger partial charge on any atom is -0.369 e. The van der Waals surface area contributed by atoms with Crippen molar-refractivity contribution in [1.29, 1.82) is 0 Å². The van der Waals surface area contributed by atoms with Gasteiger partial charge in [0.05, 0.1) is 21.1 Å². The van der Waals surface area contributed by atoms with Crippen molar-refractivity contribution in [2.75, 3.05) is 5.73 Å². The molecule has 0 aliphatic heterocycles. The van der Waals surface area contributed by atoms with E-state index in [0.29, 0.717) is 16.0 Å². The van der Waals surface area contributed by atoms with Crippen LogP contribution in [0, 0.1) is 6.92 Å². The van der Waals surface area contributed by atoms with E-state index < -0.39 is 0 Å². The topological polar surface area (TPSA) is 43.8 Å². The van der Waals surface area contributed by atoms with Gasteiger partial charge in [0.15, 0.2) is 0 Å². The summed E-state index contributed by atoms with van der Waals surface area (Å²) in [5.41, 5.74) is 10.2. The lowest BCUT2D eigenvalue weighted by Crippen LogP contribution is -2.05. The number of fused-ring (bicyclic) bond motifs is 1. The molecule has 0 spiro atoms. The van der Waals surface area contributed by atoms with Gasteiger partial charge in [-0.05, 0) is 31.0 Å². The maximum Gasteiger partial charge on any atom is 0.201 e. The molecule has 0 amide bonds. The second kappa shape index (κ2) is 5.58. The maximum absolute atomic E-state index is 6.09. The Labute approximate surface area is 133 Å². The van der Waals surface area contributed by atoms with E-state index in [2.05, 4.69) is 36.2 Å². The van der Waals surface area contributed by atoms with E-state index in [4.69, 9.17) is 28.9 Å². The Bertz CT molecular complexity index is 809. The van der Waals surface area contributed by atoms with Crippen molar-refractivity contribution in [3.8, 4) is 0 Å². The average Bonchev–Trinajstić information content (AvgIpc) is 2.72. The molecular weight excluding hydrogens is 305 g/mol. The van der Waals surface area contributed by atoms with Gasteiger partial charge in [-0.25, -0.2) is 4.98 Å². The minimum absolute atomic E-state index is 0.482. The van der Waals surface area contributed by atoms with Crippen molar-refractivity contribution in [1.82, 2.24) is 9.55 Å². The average molecular weight is 320 g/mol. The Balaban J connectivity index is 1.93. The van der Waals surface area contributed by atoms with Gasteiger partial charge in [-0.2, -0.15) is 0 Å². The number of aromatic nitrogens is 2. The van der Waals surface area contributed by atoms with E-state index in [9.17, 15) is 0 Å². The highest BCUT2D eigenvalue weighted by Crippen LogP contribution is 2.29. The molecule has 0 unspecified atom stereocenters. The molecular formula is C16H15Cl2N3. The lowest BCUT2D eigenvalue weighted by molar-refractivity contribution is 0.726. The van der Waals surface area contributed by atoms with Crippen LogP contribution < -0.4 is 5.73 Å². The van der Waals surface area contributed by atoms with Crippen molar-refractivity contribution in [3.63, 3.8) is 0 Å². The SMILES string of the molecule is Cc1cccc(CCn2c(N)nc3cc(Cl)c(Cl)cc32)c1. The van der Waals surface area contributed by atoms with Crippen LogP contribution in [0.2, 0.25) is 10.0 Å². The molecule has 2 aromatic carbocycles. The van der Waals surface area contributed by atoms with Crippen LogP contribution >= 0.6 is 23.2 Å². The highest BCUT2D eigenvalue weighted by atomic mass is 35.5. The first-order valence-electron chi connectivity index (χ1n) is 6.71. The van der Waals surface area contributed by atoms with Crippen LogP contribution in [-0.4, -0.2) is 9.55 Å². The highest BCUT2D eigenvalue weighted by molar-refractivity contribution is 6.42. The van der Waals surface area contributed by atoms with Crippen LogP contribution in [0.3, 0.4) is 0 Å². The summed E-state index contributed by atoms with van der Waals surface area (Å²) in [7, 11) is 0. The van der Waals surface area contributed by atoms with E-state index in [-0.39, 0.29) is 0 Å². The number of hydrogen-bond acceptors (Lipinski definition) is 2. The summed E-state index contributed by atoms with van der Waals surface area (Å²) in [4.78, 5) is 4.34. The molecule has 2 N–H and O–H groups in total. The lowest BCUT2D eigenvalue weighted by atomic mass is 10.1. The molecule has 0 fully saturated rings. The Kier molecular flexibility index (Phi) is 3.79. The molecule has 3 rings (SSSR count). The van der Waals surface area contributed by atoms with Crippen LogP contribution in [0.5, 0.6) is 0 Å². The number of nitrogen functional groups attached to an aromatic ring is 1. The highest BCUT2D eigenvalue weighted by Gasteiger charge is 2.11. The first-order chi connectivity index (χ1) is 10.0. The van der Waals surface area contributed by atoms with Gasteiger partial charge < -0.3 is 10.3 Å². The van der Waals surface area contributed by atoms with Crippen molar-refractivity contribution in [2.24, 2.45) is 0 Å². The van der Waals surface area contributed by atoms with Gasteiger partial charge in [-0.3, -0.25) is 0 Å². The summed E-state index contributed by atoms with van der Waals surface area (Å²) in [6, 6.07) is 12.0. The number of benzene rings is 2. The van der Waals surface area contributed by atoms with E-state index in [1.807, 2.05) is 10.6 Å². The molecule has 5 heteroatoms. The Morgan fingerprint density at radius 3 is 2.67 bits per heavy atom. The number of aryl methyl sites for hydroxylation is 3. The van der Waals surface area contributed by atoms with Gasteiger partial charge in [-0.1, -0.05) is 53.0 Å². The molecule has 0 radical (unpaired) electrons. The van der Waals surface area contributed by atoms with Crippen LogP contribution in [0.4, 0.5) is 5.95 Å². The monoisotopic (exact) mass is 319 g/mol. The third-order valence-corrected chi connectivity index (χ3v) is 4.25. The molecule has 0 aliphatic carbocycles. The smallest absolute Gasteiger partial charge is 0.201 e. The normalized spacial score (nSPS) is 11.2. The molecule has 0 bridgehead atoms. The zero-order valence-corrected chi connectivity index (χ0v) is 13.1. The van der Waals surface area contributed by atoms with Gasteiger partial charge in [-0.15, -0.1) is 0 Å². The fraction of sp³-hybridized carbons (Fsp3) is 0.188. The van der Waals surface area contributed by atoms with Crippen molar-refractivity contribution in [3.05, 3.63) is 57.6 Å². The largest absolute Gasteiger partial charge is 0.369 e. The molecule has 1 aromatic heterocycles. The fourth-order valence-corrected chi connectivity index (χ4v) is 2.80. The number of nitrogens with two attached hydrogens (primary N) is 1. The number of hydrogen-bond donors (Lipinski definition) is 1. The molecule has 0 atom stereocenters. The van der Waals surface area contributed by atoms with E-state index in [1.165, 1.54) is 11.1 Å². The third kappa shape index (κ3) is 2.85. The Hall–Kier alpha value is -1.71. The molecule has 3 nitrogen and oxygen atoms in total. The second-order valence-corrected chi connectivity index (χ2v) is 5.93. The summed E-state index contributed by atoms with van der Waals surface area (Å²) in [5, 5.41) is 1.01. The van der Waals surface area contributed by atoms with E-state index in [1.54, 1.807) is 6.07 Å². The standard InChI is InChI=1S/C16H15Cl2N3/c1-10-3-2-4-11(7-10)5-6-21-15-9-13(18)12(17)8-14(15)20-16(21)19/h2-4,7-9H,5-6H2,1H3,(H2,19,20). The molecule has 108 valence electrons. The van der Waals surface area contributed by atoms with Gasteiger partial charge in [0.1, 0.15) is 0 Å². The summed E-state index contributed by atoms with van der Waals surface area (Å²) in [6.07, 6.45) is 0.886. The molecule has 0 saturated heterocycles. The van der Waals surface area contributed by atoms with Gasteiger partial charge >= 0.3 is 0 Å². The first kappa shape index (κ1) is 14.2. The Morgan fingerprint density at radius 1 is 1.14 bits per heavy atom. The number of nitrogens with zero attached hydrogens (tertiary/aromatic N) is 2. The summed E-state index contributed by atoms with van der Waals surface area (Å²) < 4.78 is 1.97. The van der Waals surface area contributed by atoms with Crippen molar-refractivity contribution >= 4 is 40.2 Å². The number of imidazole rings is 1. The third-order valence-electron chi connectivity index (χ3n) is 3.53. The van der Waals surface area contributed by atoms with Crippen LogP contribution in [0.25, 0.3) is 11.0 Å². The van der Waals surface area contributed by atoms with Gasteiger partial charge in [0, 0.05) is 6.54 Å². The number of rotatable bonds is 3. The minimum atomic E-state index is 0.482. The Morgan fingerprint density at radius 2 is 1.90 bits per heavy atom. The maximum atomic E-state index is 6.09. The van der Waals surface area contributed by atoms with Crippen LogP contribution in [0.15, 0.2) is 36.4 Å². The quantitative estimate of drug-likeness (QED) is 0.773. The second-order valence-electron chi connectivity index (χ2n) is 5.12. The summed E-state index contributed by atoms with van der Waals surface area (Å²) in [5.74, 6) is 0.482. The van der Waals surface area contributed by atoms with Crippen molar-refractivity contribution < 1.29 is 0 Å². The van der Waals surface area contributed by atoms with Crippen LogP contribution in [-0.2, 0) is 13.0 Å². The van der Waals surface area contributed by atoms with Gasteiger partial charge in [0.2, 0.25) is 5.95 Å². The van der Waals surface area contributed by atoms with Crippen molar-refractivity contribution in [2.45, 2.75) is 19.9 Å². The first-order valence-corrected chi connectivity index (χ1v) is 7.46. The lowest BCUT2D eigenvalue weighted by Gasteiger charge is -2.07. The van der Waals surface area contributed by atoms with E-state index >= 15 is 0 Å². The van der Waals surface area contributed by atoms with Gasteiger partial charge in [0.25, 0.3) is 0 Å². The van der Waals surface area contributed by atoms with E-state index in [0.717, 1.165) is 24.0 Å². The fourth-order valence-electron chi connectivity index (χ4n) is 2.48.